The molecule has 0 fully saturated rings. The molecular weight excluding hydrogens is 212 g/mol. The molecule has 3 N–H and O–H groups in total. The second-order valence-electron chi connectivity index (χ2n) is 5.57. The van der Waals surface area contributed by atoms with Crippen LogP contribution in [0.15, 0.2) is 0 Å². The third-order valence-corrected chi connectivity index (χ3v) is 3.54. The Bertz CT molecular complexity index is 172. The summed E-state index contributed by atoms with van der Waals surface area (Å²) < 4.78 is 5.42. The van der Waals surface area contributed by atoms with E-state index in [4.69, 9.17) is 10.6 Å². The van der Waals surface area contributed by atoms with Gasteiger partial charge in [0.25, 0.3) is 0 Å². The predicted octanol–water partition coefficient (Wildman–Crippen LogP) is 3.38. The van der Waals surface area contributed by atoms with E-state index in [1.165, 1.54) is 38.5 Å². The van der Waals surface area contributed by atoms with Gasteiger partial charge in [0.05, 0.1) is 5.60 Å². The van der Waals surface area contributed by atoms with Crippen LogP contribution in [0.5, 0.6) is 0 Å². The standard InChI is InChI=1S/C14H32N2O/c1-5-6-7-8-9-10-13(16-15)11-12-14(2,3)17-4/h13,16H,5-12,15H2,1-4H3. The first kappa shape index (κ1) is 16.9. The number of unbranched alkanes of at least 4 members (excludes halogenated alkanes) is 4. The highest BCUT2D eigenvalue weighted by Crippen LogP contribution is 2.18. The highest BCUT2D eigenvalue weighted by molar-refractivity contribution is 4.73. The van der Waals surface area contributed by atoms with Gasteiger partial charge >= 0.3 is 0 Å². The molecule has 3 nitrogen and oxygen atoms in total. The molecule has 0 aliphatic rings. The summed E-state index contributed by atoms with van der Waals surface area (Å²) in [5, 5.41) is 0. The fraction of sp³-hybridized carbons (Fsp3) is 1.00. The quantitative estimate of drug-likeness (QED) is 0.333. The largest absolute Gasteiger partial charge is 0.379 e. The van der Waals surface area contributed by atoms with E-state index in [0.29, 0.717) is 6.04 Å². The van der Waals surface area contributed by atoms with Crippen LogP contribution in [0, 0.1) is 0 Å². The highest BCUT2D eigenvalue weighted by Gasteiger charge is 2.18. The van der Waals surface area contributed by atoms with Gasteiger partial charge in [-0.15, -0.1) is 0 Å². The van der Waals surface area contributed by atoms with Crippen molar-refractivity contribution in [2.45, 2.75) is 83.8 Å². The van der Waals surface area contributed by atoms with Crippen molar-refractivity contribution < 1.29 is 4.74 Å². The first-order chi connectivity index (χ1) is 8.05. The number of hydrogen-bond donors (Lipinski definition) is 2. The van der Waals surface area contributed by atoms with Crippen molar-refractivity contribution in [1.29, 1.82) is 0 Å². The third kappa shape index (κ3) is 9.57. The van der Waals surface area contributed by atoms with Gasteiger partial charge in [0, 0.05) is 13.2 Å². The summed E-state index contributed by atoms with van der Waals surface area (Å²) in [5.74, 6) is 5.59. The van der Waals surface area contributed by atoms with E-state index in [0.717, 1.165) is 12.8 Å². The van der Waals surface area contributed by atoms with Crippen LogP contribution in [0.4, 0.5) is 0 Å². The number of nitrogens with one attached hydrogen (secondary N) is 1. The van der Waals surface area contributed by atoms with E-state index in [-0.39, 0.29) is 5.60 Å². The number of nitrogens with two attached hydrogens (primary N) is 1. The van der Waals surface area contributed by atoms with Gasteiger partial charge < -0.3 is 4.74 Å². The van der Waals surface area contributed by atoms with Crippen molar-refractivity contribution in [3.05, 3.63) is 0 Å². The zero-order valence-electron chi connectivity index (χ0n) is 12.2. The Morgan fingerprint density at radius 1 is 1.12 bits per heavy atom. The predicted molar refractivity (Wildman–Crippen MR) is 74.8 cm³/mol. The molecule has 0 aliphatic carbocycles. The second-order valence-corrected chi connectivity index (χ2v) is 5.57. The van der Waals surface area contributed by atoms with Gasteiger partial charge in [0.15, 0.2) is 0 Å². The Balaban J connectivity index is 3.62. The molecule has 104 valence electrons. The van der Waals surface area contributed by atoms with Crippen LogP contribution < -0.4 is 11.3 Å². The highest BCUT2D eigenvalue weighted by atomic mass is 16.5. The lowest BCUT2D eigenvalue weighted by molar-refractivity contribution is 0.0115. The summed E-state index contributed by atoms with van der Waals surface area (Å²) in [4.78, 5) is 0. The fourth-order valence-corrected chi connectivity index (χ4v) is 1.93. The molecular formula is C14H32N2O. The van der Waals surface area contributed by atoms with Crippen LogP contribution >= 0.6 is 0 Å². The molecule has 0 aromatic rings. The summed E-state index contributed by atoms with van der Waals surface area (Å²) in [7, 11) is 1.77. The maximum Gasteiger partial charge on any atom is 0.0623 e. The molecule has 0 spiro atoms. The molecule has 17 heavy (non-hydrogen) atoms. The van der Waals surface area contributed by atoms with Crippen molar-refractivity contribution in [3.63, 3.8) is 0 Å². The fourth-order valence-electron chi connectivity index (χ4n) is 1.93. The molecule has 0 rings (SSSR count). The summed E-state index contributed by atoms with van der Waals surface area (Å²) in [6.45, 7) is 6.50. The van der Waals surface area contributed by atoms with Gasteiger partial charge in [0.1, 0.15) is 0 Å². The minimum atomic E-state index is -0.0304. The Morgan fingerprint density at radius 2 is 1.76 bits per heavy atom. The summed E-state index contributed by atoms with van der Waals surface area (Å²) in [6.07, 6.45) is 9.95. The van der Waals surface area contributed by atoms with E-state index in [2.05, 4.69) is 26.2 Å². The topological polar surface area (TPSA) is 47.3 Å². The zero-order chi connectivity index (χ0) is 13.1. The molecule has 0 saturated carbocycles. The SMILES string of the molecule is CCCCCCCC(CCC(C)(C)OC)NN. The van der Waals surface area contributed by atoms with Crippen LogP contribution in [0.3, 0.4) is 0 Å². The Labute approximate surface area is 107 Å². The number of hydrazine groups is 1. The summed E-state index contributed by atoms with van der Waals surface area (Å²) >= 11 is 0. The van der Waals surface area contributed by atoms with E-state index in [9.17, 15) is 0 Å². The summed E-state index contributed by atoms with van der Waals surface area (Å²) in [5.41, 5.74) is 2.90. The molecule has 0 amide bonds. The van der Waals surface area contributed by atoms with Gasteiger partial charge in [-0.05, 0) is 33.1 Å². The van der Waals surface area contributed by atoms with Crippen LogP contribution in [0.2, 0.25) is 0 Å². The average Bonchev–Trinajstić information content (AvgIpc) is 2.32. The third-order valence-electron chi connectivity index (χ3n) is 3.54. The lowest BCUT2D eigenvalue weighted by atomic mass is 9.96. The minimum Gasteiger partial charge on any atom is -0.379 e. The summed E-state index contributed by atoms with van der Waals surface area (Å²) in [6, 6.07) is 0.436. The van der Waals surface area contributed by atoms with Crippen molar-refractivity contribution in [3.8, 4) is 0 Å². The van der Waals surface area contributed by atoms with Crippen LogP contribution in [0.25, 0.3) is 0 Å². The zero-order valence-corrected chi connectivity index (χ0v) is 12.2. The smallest absolute Gasteiger partial charge is 0.0623 e. The molecule has 0 bridgehead atoms. The van der Waals surface area contributed by atoms with Crippen LogP contribution in [0.1, 0.15) is 72.1 Å². The molecule has 1 unspecified atom stereocenters. The molecule has 0 aromatic heterocycles. The van der Waals surface area contributed by atoms with E-state index < -0.39 is 0 Å². The average molecular weight is 244 g/mol. The lowest BCUT2D eigenvalue weighted by Gasteiger charge is -2.25. The van der Waals surface area contributed by atoms with E-state index in [1.807, 2.05) is 0 Å². The minimum absolute atomic E-state index is 0.0304. The maximum atomic E-state index is 5.59. The van der Waals surface area contributed by atoms with Gasteiger partial charge in [-0.25, -0.2) is 0 Å². The maximum absolute atomic E-state index is 5.59. The van der Waals surface area contributed by atoms with Crippen LogP contribution in [-0.4, -0.2) is 18.8 Å². The van der Waals surface area contributed by atoms with Gasteiger partial charge in [0.2, 0.25) is 0 Å². The van der Waals surface area contributed by atoms with Crippen molar-refractivity contribution >= 4 is 0 Å². The normalized spacial score (nSPS) is 13.9. The number of rotatable bonds is 11. The molecule has 0 aliphatic heterocycles. The molecule has 0 aromatic carbocycles. The van der Waals surface area contributed by atoms with Crippen molar-refractivity contribution in [2.75, 3.05) is 7.11 Å². The Morgan fingerprint density at radius 3 is 2.29 bits per heavy atom. The first-order valence-electron chi connectivity index (χ1n) is 7.07. The van der Waals surface area contributed by atoms with Crippen molar-refractivity contribution in [1.82, 2.24) is 5.43 Å². The molecule has 1 atom stereocenters. The molecule has 0 radical (unpaired) electrons. The Hall–Kier alpha value is -0.120. The van der Waals surface area contributed by atoms with Crippen LogP contribution in [-0.2, 0) is 4.74 Å². The second kappa shape index (κ2) is 9.86. The number of ether oxygens (including phenoxy) is 1. The number of methoxy groups -OCH3 is 1. The molecule has 0 heterocycles. The Kier molecular flexibility index (Phi) is 9.79. The number of hydrogen-bond acceptors (Lipinski definition) is 3. The van der Waals surface area contributed by atoms with Gasteiger partial charge in [-0.1, -0.05) is 39.0 Å². The van der Waals surface area contributed by atoms with Gasteiger partial charge in [-0.2, -0.15) is 0 Å². The van der Waals surface area contributed by atoms with E-state index >= 15 is 0 Å². The van der Waals surface area contributed by atoms with E-state index in [1.54, 1.807) is 7.11 Å². The van der Waals surface area contributed by atoms with Crippen molar-refractivity contribution in [2.24, 2.45) is 5.84 Å². The molecule has 0 saturated heterocycles. The molecule has 3 heteroatoms. The monoisotopic (exact) mass is 244 g/mol. The van der Waals surface area contributed by atoms with Gasteiger partial charge in [-0.3, -0.25) is 11.3 Å². The first-order valence-corrected chi connectivity index (χ1v) is 7.07. The lowest BCUT2D eigenvalue weighted by Crippen LogP contribution is -2.37.